The Labute approximate surface area is 165 Å². The van der Waals surface area contributed by atoms with Crippen molar-refractivity contribution < 1.29 is 9.18 Å². The fourth-order valence-electron chi connectivity index (χ4n) is 3.43. The minimum Gasteiger partial charge on any atom is -0.335 e. The molecule has 26 heavy (non-hydrogen) atoms. The largest absolute Gasteiger partial charge is 0.335 e. The zero-order valence-corrected chi connectivity index (χ0v) is 16.9. The molecule has 0 bridgehead atoms. The summed E-state index contributed by atoms with van der Waals surface area (Å²) in [6, 6.07) is 8.79. The summed E-state index contributed by atoms with van der Waals surface area (Å²) in [5.41, 5.74) is 2.04. The molecule has 1 saturated heterocycles. The standard InChI is InChI=1S/C20H25FN2OS.ClH/c1-3-12-23(17-8-10-22-11-9-17)20(24)18-13-14(2)19(25-18)15-4-6-16(21)7-5-15;/h4-7,13,17,22H,3,8-12H2,1-2H3;1H. The molecule has 0 atom stereocenters. The van der Waals surface area contributed by atoms with Crippen LogP contribution in [0.3, 0.4) is 0 Å². The molecule has 1 aromatic heterocycles. The van der Waals surface area contributed by atoms with Gasteiger partial charge in [-0.25, -0.2) is 4.39 Å². The molecule has 0 radical (unpaired) electrons. The molecule has 1 aliphatic heterocycles. The molecule has 2 aromatic rings. The predicted molar refractivity (Wildman–Crippen MR) is 109 cm³/mol. The number of nitrogens with one attached hydrogen (secondary N) is 1. The average molecular weight is 397 g/mol. The lowest BCUT2D eigenvalue weighted by molar-refractivity contribution is 0.0647. The Balaban J connectivity index is 0.00000243. The summed E-state index contributed by atoms with van der Waals surface area (Å²) < 4.78 is 13.2. The fraction of sp³-hybridized carbons (Fsp3) is 0.450. The molecule has 0 unspecified atom stereocenters. The predicted octanol–water partition coefficient (Wildman–Crippen LogP) is 4.89. The Morgan fingerprint density at radius 3 is 2.54 bits per heavy atom. The minimum atomic E-state index is -0.241. The number of halogens is 2. The molecular weight excluding hydrogens is 371 g/mol. The van der Waals surface area contributed by atoms with Crippen molar-refractivity contribution in [2.75, 3.05) is 19.6 Å². The highest BCUT2D eigenvalue weighted by Gasteiger charge is 2.27. The van der Waals surface area contributed by atoms with Gasteiger partial charge in [-0.05, 0) is 68.6 Å². The summed E-state index contributed by atoms with van der Waals surface area (Å²) in [5, 5.41) is 3.36. The summed E-state index contributed by atoms with van der Waals surface area (Å²) in [6.07, 6.45) is 2.99. The summed E-state index contributed by atoms with van der Waals surface area (Å²) in [5.74, 6) is -0.107. The van der Waals surface area contributed by atoms with Gasteiger partial charge in [-0.2, -0.15) is 0 Å². The van der Waals surface area contributed by atoms with E-state index >= 15 is 0 Å². The summed E-state index contributed by atoms with van der Waals surface area (Å²) in [7, 11) is 0. The van der Waals surface area contributed by atoms with E-state index in [2.05, 4.69) is 17.1 Å². The molecule has 1 aliphatic rings. The number of aryl methyl sites for hydroxylation is 1. The van der Waals surface area contributed by atoms with Crippen molar-refractivity contribution in [3.8, 4) is 10.4 Å². The van der Waals surface area contributed by atoms with Crippen molar-refractivity contribution in [3.05, 3.63) is 46.6 Å². The lowest BCUT2D eigenvalue weighted by atomic mass is 10.0. The van der Waals surface area contributed by atoms with Crippen LogP contribution in [0.2, 0.25) is 0 Å². The number of carbonyl (C=O) groups is 1. The van der Waals surface area contributed by atoms with Gasteiger partial charge in [-0.3, -0.25) is 4.79 Å². The first-order valence-corrected chi connectivity index (χ1v) is 9.80. The molecule has 0 aliphatic carbocycles. The summed E-state index contributed by atoms with van der Waals surface area (Å²) in [4.78, 5) is 17.0. The number of benzene rings is 1. The molecule has 142 valence electrons. The monoisotopic (exact) mass is 396 g/mol. The number of hydrogen-bond donors (Lipinski definition) is 1. The molecule has 1 N–H and O–H groups in total. The lowest BCUT2D eigenvalue weighted by Gasteiger charge is -2.34. The zero-order chi connectivity index (χ0) is 17.8. The van der Waals surface area contributed by atoms with Crippen molar-refractivity contribution in [2.24, 2.45) is 0 Å². The molecule has 1 amide bonds. The van der Waals surface area contributed by atoms with Gasteiger partial charge >= 0.3 is 0 Å². The van der Waals surface area contributed by atoms with Crippen LogP contribution in [-0.2, 0) is 0 Å². The van der Waals surface area contributed by atoms with Crippen LogP contribution >= 0.6 is 23.7 Å². The molecule has 3 nitrogen and oxygen atoms in total. The maximum absolute atomic E-state index is 13.2. The smallest absolute Gasteiger partial charge is 0.264 e. The Bertz CT molecular complexity index is 726. The zero-order valence-electron chi connectivity index (χ0n) is 15.3. The fourth-order valence-corrected chi connectivity index (χ4v) is 4.56. The molecule has 0 saturated carbocycles. The summed E-state index contributed by atoms with van der Waals surface area (Å²) >= 11 is 1.52. The third kappa shape index (κ3) is 4.64. The number of rotatable bonds is 5. The second kappa shape index (κ2) is 9.49. The first-order valence-electron chi connectivity index (χ1n) is 8.98. The van der Waals surface area contributed by atoms with Crippen LogP contribution in [0.5, 0.6) is 0 Å². The number of thiophene rings is 1. The van der Waals surface area contributed by atoms with Crippen molar-refractivity contribution in [1.29, 1.82) is 0 Å². The van der Waals surface area contributed by atoms with E-state index in [1.807, 2.05) is 13.0 Å². The van der Waals surface area contributed by atoms with E-state index in [1.165, 1.54) is 23.5 Å². The van der Waals surface area contributed by atoms with Gasteiger partial charge in [-0.15, -0.1) is 23.7 Å². The molecule has 6 heteroatoms. The van der Waals surface area contributed by atoms with E-state index in [-0.39, 0.29) is 24.1 Å². The van der Waals surface area contributed by atoms with Gasteiger partial charge < -0.3 is 10.2 Å². The van der Waals surface area contributed by atoms with Gasteiger partial charge in [0.1, 0.15) is 5.82 Å². The van der Waals surface area contributed by atoms with E-state index in [0.717, 1.165) is 59.8 Å². The molecule has 3 rings (SSSR count). The molecule has 1 aromatic carbocycles. The van der Waals surface area contributed by atoms with Crippen molar-refractivity contribution in [3.63, 3.8) is 0 Å². The third-order valence-corrected chi connectivity index (χ3v) is 5.98. The molecule has 2 heterocycles. The minimum absolute atomic E-state index is 0. The van der Waals surface area contributed by atoms with Crippen LogP contribution in [0.25, 0.3) is 10.4 Å². The highest BCUT2D eigenvalue weighted by Crippen LogP contribution is 2.33. The first kappa shape index (κ1) is 20.9. The molecule has 1 fully saturated rings. The summed E-state index contributed by atoms with van der Waals surface area (Å²) in [6.45, 7) is 6.88. The first-order chi connectivity index (χ1) is 12.1. The maximum atomic E-state index is 13.2. The van der Waals surface area contributed by atoms with Gasteiger partial charge in [0.05, 0.1) is 4.88 Å². The van der Waals surface area contributed by atoms with Gasteiger partial charge in [-0.1, -0.05) is 19.1 Å². The lowest BCUT2D eigenvalue weighted by Crippen LogP contribution is -2.46. The van der Waals surface area contributed by atoms with Crippen molar-refractivity contribution in [1.82, 2.24) is 10.2 Å². The highest BCUT2D eigenvalue weighted by molar-refractivity contribution is 7.17. The van der Waals surface area contributed by atoms with Crippen LogP contribution in [0, 0.1) is 12.7 Å². The molecule has 0 spiro atoms. The van der Waals surface area contributed by atoms with Crippen LogP contribution < -0.4 is 5.32 Å². The number of carbonyl (C=O) groups excluding carboxylic acids is 1. The van der Waals surface area contributed by atoms with Crippen molar-refractivity contribution >= 4 is 29.7 Å². The third-order valence-electron chi connectivity index (χ3n) is 4.71. The van der Waals surface area contributed by atoms with E-state index in [4.69, 9.17) is 0 Å². The van der Waals surface area contributed by atoms with E-state index in [1.54, 1.807) is 12.1 Å². The topological polar surface area (TPSA) is 32.3 Å². The normalized spacial score (nSPS) is 14.7. The van der Waals surface area contributed by atoms with Crippen LogP contribution in [0.1, 0.15) is 41.4 Å². The Hall–Kier alpha value is -1.43. The second-order valence-corrected chi connectivity index (χ2v) is 7.66. The number of nitrogens with zero attached hydrogens (tertiary/aromatic N) is 1. The van der Waals surface area contributed by atoms with Gasteiger partial charge in [0, 0.05) is 17.5 Å². The number of piperidine rings is 1. The van der Waals surface area contributed by atoms with Crippen LogP contribution in [-0.4, -0.2) is 36.5 Å². The van der Waals surface area contributed by atoms with Crippen molar-refractivity contribution in [2.45, 2.75) is 39.2 Å². The van der Waals surface area contributed by atoms with E-state index in [9.17, 15) is 9.18 Å². The highest BCUT2D eigenvalue weighted by atomic mass is 35.5. The number of hydrogen-bond acceptors (Lipinski definition) is 3. The van der Waals surface area contributed by atoms with Crippen LogP contribution in [0.4, 0.5) is 4.39 Å². The quantitative estimate of drug-likeness (QED) is 0.780. The van der Waals surface area contributed by atoms with Crippen LogP contribution in [0.15, 0.2) is 30.3 Å². The second-order valence-electron chi connectivity index (χ2n) is 6.61. The molecular formula is C20H26ClFN2OS. The Kier molecular flexibility index (Phi) is 7.62. The van der Waals surface area contributed by atoms with E-state index in [0.29, 0.717) is 6.04 Å². The Morgan fingerprint density at radius 2 is 1.92 bits per heavy atom. The van der Waals surface area contributed by atoms with Gasteiger partial charge in [0.2, 0.25) is 0 Å². The van der Waals surface area contributed by atoms with Gasteiger partial charge in [0.25, 0.3) is 5.91 Å². The average Bonchev–Trinajstić information content (AvgIpc) is 3.02. The number of amides is 1. The van der Waals surface area contributed by atoms with Gasteiger partial charge in [0.15, 0.2) is 0 Å². The maximum Gasteiger partial charge on any atom is 0.264 e. The SMILES string of the molecule is CCCN(C(=O)c1cc(C)c(-c2ccc(F)cc2)s1)C1CCNCC1.Cl. The Morgan fingerprint density at radius 1 is 1.27 bits per heavy atom. The van der Waals surface area contributed by atoms with E-state index < -0.39 is 0 Å².